The van der Waals surface area contributed by atoms with Crippen LogP contribution in [0.3, 0.4) is 0 Å². The summed E-state index contributed by atoms with van der Waals surface area (Å²) < 4.78 is 41.1. The van der Waals surface area contributed by atoms with Gasteiger partial charge in [0.15, 0.2) is 0 Å². The molecule has 0 fully saturated rings. The smallest absolute Gasteiger partial charge is 0.455 e. The van der Waals surface area contributed by atoms with Gasteiger partial charge in [-0.25, -0.2) is 0 Å². The van der Waals surface area contributed by atoms with E-state index in [0.717, 1.165) is 26.8 Å². The van der Waals surface area contributed by atoms with Crippen LogP contribution in [-0.4, -0.2) is 21.6 Å². The number of alkyl halides is 3. The lowest BCUT2D eigenvalue weighted by molar-refractivity contribution is -0.0887. The quantitative estimate of drug-likeness (QED) is 0.397. The first kappa shape index (κ1) is 21.0. The molecule has 5 rings (SSSR count). The Hall–Kier alpha value is -3.87. The van der Waals surface area contributed by atoms with Gasteiger partial charge in [0.2, 0.25) is 0 Å². The van der Waals surface area contributed by atoms with E-state index in [1.54, 1.807) is 42.5 Å². The minimum atomic E-state index is -5.32. The summed E-state index contributed by atoms with van der Waals surface area (Å²) in [6, 6.07) is 19.0. The van der Waals surface area contributed by atoms with E-state index in [-0.39, 0.29) is 16.6 Å². The van der Waals surface area contributed by atoms with Gasteiger partial charge in [-0.3, -0.25) is 14.2 Å². The average Bonchev–Trinajstić information content (AvgIpc) is 3.00. The normalized spacial score (nSPS) is 14.2. The Kier molecular flexibility index (Phi) is 4.34. The molecule has 3 aromatic carbocycles. The molecule has 0 atom stereocenters. The first-order valence-corrected chi connectivity index (χ1v) is 10.3. The number of pyridine rings is 1. The molecule has 1 aromatic heterocycles. The molecule has 0 spiro atoms. The fourth-order valence-corrected chi connectivity index (χ4v) is 4.75. The van der Waals surface area contributed by atoms with Gasteiger partial charge in [-0.05, 0) is 46.5 Å². The number of Topliss-reactive ketones (excluding diaryl/α,β-unsaturated/α-hetero) is 1. The molecule has 0 saturated heterocycles. The number of hydrogen-bond acceptors (Lipinski definition) is 3. The molecule has 1 heterocycles. The number of para-hydroxylation sites is 1. The number of fused-ring (bicyclic) bond motifs is 4. The third-order valence-corrected chi connectivity index (χ3v) is 6.35. The minimum absolute atomic E-state index is 0.00249. The predicted molar refractivity (Wildman–Crippen MR) is 119 cm³/mol. The van der Waals surface area contributed by atoms with Gasteiger partial charge in [-0.1, -0.05) is 56.3 Å². The first-order chi connectivity index (χ1) is 15.5. The number of hydrogen-bond donors (Lipinski definition) is 1. The highest BCUT2D eigenvalue weighted by Gasteiger charge is 2.44. The Bertz CT molecular complexity index is 1520. The Morgan fingerprint density at radius 3 is 2.21 bits per heavy atom. The molecule has 0 aliphatic heterocycles. The number of carbonyl (C=O) groups excluding carboxylic acids is 1. The summed E-state index contributed by atoms with van der Waals surface area (Å²) in [4.78, 5) is 25.4. The molecule has 4 nitrogen and oxygen atoms in total. The van der Waals surface area contributed by atoms with Crippen LogP contribution >= 0.6 is 0 Å². The standard InChI is InChI=1S/C26H18F3NO3/c1-25(2)18-11-7-6-10-15(18)16-12-17-20(13-19(16)25)30(14-8-4-3-5-9-14)24(33)21(22(17)31)23(32)26(27,28)29/h3-13,31H,1-2H3. The maximum absolute atomic E-state index is 13.3. The second kappa shape index (κ2) is 6.81. The second-order valence-electron chi connectivity index (χ2n) is 8.61. The second-order valence-corrected chi connectivity index (χ2v) is 8.61. The number of benzene rings is 3. The number of carbonyl (C=O) groups is 1. The average molecular weight is 449 g/mol. The predicted octanol–water partition coefficient (Wildman–Crippen LogP) is 5.75. The van der Waals surface area contributed by atoms with E-state index in [0.29, 0.717) is 0 Å². The summed E-state index contributed by atoms with van der Waals surface area (Å²) >= 11 is 0. The molecular formula is C26H18F3NO3. The monoisotopic (exact) mass is 449 g/mol. The third kappa shape index (κ3) is 2.92. The number of ketones is 1. The summed E-state index contributed by atoms with van der Waals surface area (Å²) in [6.07, 6.45) is -5.32. The Labute approximate surface area is 186 Å². The highest BCUT2D eigenvalue weighted by atomic mass is 19.4. The highest BCUT2D eigenvalue weighted by Crippen LogP contribution is 2.50. The summed E-state index contributed by atoms with van der Waals surface area (Å²) in [6.45, 7) is 4.05. The Morgan fingerprint density at radius 2 is 1.55 bits per heavy atom. The van der Waals surface area contributed by atoms with Crippen molar-refractivity contribution in [3.63, 3.8) is 0 Å². The molecule has 0 saturated carbocycles. The molecule has 1 N–H and O–H groups in total. The van der Waals surface area contributed by atoms with Crippen LogP contribution in [0, 0.1) is 0 Å². The van der Waals surface area contributed by atoms with Crippen molar-refractivity contribution in [2.24, 2.45) is 0 Å². The number of halogens is 3. The van der Waals surface area contributed by atoms with Crippen LogP contribution in [0.1, 0.15) is 35.3 Å². The lowest BCUT2D eigenvalue weighted by Crippen LogP contribution is -2.33. The lowest BCUT2D eigenvalue weighted by atomic mass is 9.82. The summed E-state index contributed by atoms with van der Waals surface area (Å²) in [5.74, 6) is -3.34. The molecule has 4 aromatic rings. The van der Waals surface area contributed by atoms with Gasteiger partial charge in [0.1, 0.15) is 11.3 Å². The molecular weight excluding hydrogens is 431 g/mol. The molecule has 1 aliphatic rings. The van der Waals surface area contributed by atoms with Crippen LogP contribution in [0.2, 0.25) is 0 Å². The molecule has 0 radical (unpaired) electrons. The zero-order valence-corrected chi connectivity index (χ0v) is 17.7. The highest BCUT2D eigenvalue weighted by molar-refractivity contribution is 6.07. The number of aromatic hydroxyl groups is 1. The maximum atomic E-state index is 13.3. The van der Waals surface area contributed by atoms with E-state index in [1.165, 1.54) is 0 Å². The molecule has 7 heteroatoms. The summed E-state index contributed by atoms with van der Waals surface area (Å²) in [7, 11) is 0. The molecule has 0 unspecified atom stereocenters. The van der Waals surface area contributed by atoms with Gasteiger partial charge < -0.3 is 5.11 Å². The topological polar surface area (TPSA) is 59.3 Å². The van der Waals surface area contributed by atoms with Crippen molar-refractivity contribution >= 4 is 16.7 Å². The van der Waals surface area contributed by atoms with Crippen LogP contribution in [0.25, 0.3) is 27.7 Å². The van der Waals surface area contributed by atoms with Crippen molar-refractivity contribution in [2.75, 3.05) is 0 Å². The van der Waals surface area contributed by atoms with Crippen molar-refractivity contribution in [1.82, 2.24) is 4.57 Å². The van der Waals surface area contributed by atoms with Crippen molar-refractivity contribution in [3.8, 4) is 22.6 Å². The van der Waals surface area contributed by atoms with Crippen molar-refractivity contribution in [1.29, 1.82) is 0 Å². The molecule has 166 valence electrons. The Morgan fingerprint density at radius 1 is 0.909 bits per heavy atom. The van der Waals surface area contributed by atoms with Gasteiger partial charge in [-0.2, -0.15) is 13.2 Å². The van der Waals surface area contributed by atoms with Crippen molar-refractivity contribution in [3.05, 3.63) is 93.8 Å². The van der Waals surface area contributed by atoms with Crippen molar-refractivity contribution in [2.45, 2.75) is 25.4 Å². The maximum Gasteiger partial charge on any atom is 0.455 e. The van der Waals surface area contributed by atoms with Gasteiger partial charge in [-0.15, -0.1) is 0 Å². The van der Waals surface area contributed by atoms with Gasteiger partial charge in [0.05, 0.1) is 5.52 Å². The zero-order valence-electron chi connectivity index (χ0n) is 17.7. The van der Waals surface area contributed by atoms with E-state index in [2.05, 4.69) is 0 Å². The number of rotatable bonds is 2. The van der Waals surface area contributed by atoms with Crippen LogP contribution in [0.15, 0.2) is 71.5 Å². The largest absolute Gasteiger partial charge is 0.506 e. The summed E-state index contributed by atoms with van der Waals surface area (Å²) in [5, 5.41) is 10.8. The fourth-order valence-electron chi connectivity index (χ4n) is 4.75. The van der Waals surface area contributed by atoms with Crippen molar-refractivity contribution < 1.29 is 23.1 Å². The van der Waals surface area contributed by atoms with Gasteiger partial charge >= 0.3 is 6.18 Å². The lowest BCUT2D eigenvalue weighted by Gasteiger charge is -2.23. The summed E-state index contributed by atoms with van der Waals surface area (Å²) in [5.41, 5.74) is 1.09. The molecule has 33 heavy (non-hydrogen) atoms. The van der Waals surface area contributed by atoms with E-state index in [1.807, 2.05) is 38.1 Å². The van der Waals surface area contributed by atoms with E-state index < -0.39 is 34.2 Å². The Balaban J connectivity index is 1.97. The number of aromatic nitrogens is 1. The molecule has 0 amide bonds. The molecule has 1 aliphatic carbocycles. The van der Waals surface area contributed by atoms with Crippen LogP contribution in [0.5, 0.6) is 5.75 Å². The minimum Gasteiger partial charge on any atom is -0.506 e. The zero-order chi connectivity index (χ0) is 23.7. The first-order valence-electron chi connectivity index (χ1n) is 10.3. The number of nitrogens with zero attached hydrogens (tertiary/aromatic N) is 1. The van der Waals surface area contributed by atoms with Gasteiger partial charge in [0.25, 0.3) is 11.3 Å². The van der Waals surface area contributed by atoms with E-state index >= 15 is 0 Å². The van der Waals surface area contributed by atoms with Gasteiger partial charge in [0, 0.05) is 16.5 Å². The van der Waals surface area contributed by atoms with E-state index in [9.17, 15) is 27.9 Å². The van der Waals surface area contributed by atoms with E-state index in [4.69, 9.17) is 0 Å². The van der Waals surface area contributed by atoms with Crippen LogP contribution < -0.4 is 5.56 Å². The van der Waals surface area contributed by atoms with Crippen LogP contribution in [-0.2, 0) is 5.41 Å². The SMILES string of the molecule is CC1(C)c2ccccc2-c2cc3c(O)c(C(=O)C(F)(F)F)c(=O)n(-c4ccccc4)c3cc21. The fraction of sp³-hybridized carbons (Fsp3) is 0.154. The third-order valence-electron chi connectivity index (χ3n) is 6.35. The van der Waals surface area contributed by atoms with Crippen LogP contribution in [0.4, 0.5) is 13.2 Å². The molecule has 0 bridgehead atoms.